The molecule has 15 nitrogen and oxygen atoms in total. The van der Waals surface area contributed by atoms with Gasteiger partial charge in [0, 0.05) is 29.7 Å². The van der Waals surface area contributed by atoms with E-state index >= 15 is 0 Å². The van der Waals surface area contributed by atoms with Crippen LogP contribution in [0.5, 0.6) is 5.75 Å². The number of nitrogens with one attached hydrogen (secondary N) is 3. The number of hydrogen-bond donors (Lipinski definition) is 3. The molecule has 17 heteroatoms. The summed E-state index contributed by atoms with van der Waals surface area (Å²) < 4.78 is 66.9. The van der Waals surface area contributed by atoms with E-state index in [-0.39, 0.29) is 43.9 Å². The fraction of sp³-hybridized carbons (Fsp3) is 0.475. The summed E-state index contributed by atoms with van der Waals surface area (Å²) in [6.45, 7) is 4.85. The third kappa shape index (κ3) is 7.86. The fourth-order valence-electron chi connectivity index (χ4n) is 7.54. The molecule has 1 saturated heterocycles. The number of nitrogens with zero attached hydrogens (tertiary/aromatic N) is 2. The van der Waals surface area contributed by atoms with Crippen molar-refractivity contribution < 1.29 is 50.6 Å². The van der Waals surface area contributed by atoms with Crippen molar-refractivity contribution in [2.75, 3.05) is 19.8 Å². The van der Waals surface area contributed by atoms with Gasteiger partial charge in [-0.1, -0.05) is 24.3 Å². The lowest BCUT2D eigenvalue weighted by molar-refractivity contribution is -0.142. The number of pyridine rings is 1. The molecule has 4 aromatic rings. The number of aromatic nitrogens is 1. The number of rotatable bonds is 6. The van der Waals surface area contributed by atoms with Gasteiger partial charge in [-0.05, 0) is 83.2 Å². The summed E-state index contributed by atoms with van der Waals surface area (Å²) in [6, 6.07) is 8.77. The molecule has 2 saturated carbocycles. The molecule has 4 aliphatic rings. The first kappa shape index (κ1) is 38.6. The monoisotopic (exact) mass is 805 g/mol. The van der Waals surface area contributed by atoms with Crippen LogP contribution in [0.25, 0.3) is 33.0 Å². The van der Waals surface area contributed by atoms with E-state index in [0.717, 1.165) is 0 Å². The number of sulfonamides is 1. The highest BCUT2D eigenvalue weighted by atomic mass is 32.2. The van der Waals surface area contributed by atoms with Gasteiger partial charge in [0.2, 0.25) is 21.8 Å². The van der Waals surface area contributed by atoms with Crippen LogP contribution >= 0.6 is 0 Å². The predicted octanol–water partition coefficient (Wildman–Crippen LogP) is 4.36. The molecule has 4 amide bonds. The van der Waals surface area contributed by atoms with Crippen LogP contribution in [0.1, 0.15) is 59.3 Å². The number of carbonyl (C=O) groups is 4. The maximum absolute atomic E-state index is 14.8. The molecule has 57 heavy (non-hydrogen) atoms. The minimum atomic E-state index is -3.95. The largest absolute Gasteiger partial charge is 0.484 e. The number of fused-ring (bicyclic) bond motifs is 6. The van der Waals surface area contributed by atoms with Crippen molar-refractivity contribution in [2.24, 2.45) is 5.92 Å². The maximum atomic E-state index is 14.8. The van der Waals surface area contributed by atoms with Crippen molar-refractivity contribution in [3.63, 3.8) is 0 Å². The van der Waals surface area contributed by atoms with Gasteiger partial charge < -0.3 is 34.2 Å². The van der Waals surface area contributed by atoms with Crippen molar-refractivity contribution in [3.8, 4) is 5.75 Å². The number of benzene rings is 2. The molecule has 0 spiro atoms. The molecule has 3 fully saturated rings. The molecule has 2 aliphatic heterocycles. The van der Waals surface area contributed by atoms with Gasteiger partial charge in [0.15, 0.2) is 11.3 Å². The minimum absolute atomic E-state index is 0.100. The number of hydrogen-bond acceptors (Lipinski definition) is 11. The Hall–Kier alpha value is -5.29. The average molecular weight is 806 g/mol. The van der Waals surface area contributed by atoms with E-state index in [2.05, 4.69) is 15.4 Å². The van der Waals surface area contributed by atoms with Gasteiger partial charge in [-0.2, -0.15) is 0 Å². The molecular formula is C40H44FN5O10S. The Bertz CT molecular complexity index is 2430. The molecule has 2 aromatic carbocycles. The van der Waals surface area contributed by atoms with Crippen LogP contribution in [0.15, 0.2) is 59.0 Å². The number of amides is 4. The first-order valence-electron chi connectivity index (χ1n) is 19.1. The molecule has 2 aromatic heterocycles. The van der Waals surface area contributed by atoms with E-state index in [1.165, 1.54) is 23.1 Å². The number of carbonyl (C=O) groups excluding carboxylic acids is 4. The molecule has 8 rings (SSSR count). The zero-order valence-corrected chi connectivity index (χ0v) is 32.5. The molecule has 2 aliphatic carbocycles. The third-order valence-corrected chi connectivity index (χ3v) is 12.4. The van der Waals surface area contributed by atoms with Crippen LogP contribution in [-0.4, -0.2) is 96.5 Å². The number of ether oxygens (including phenoxy) is 3. The Kier molecular flexibility index (Phi) is 9.87. The highest BCUT2D eigenvalue weighted by Gasteiger charge is 2.62. The maximum Gasteiger partial charge on any atom is 0.408 e. The van der Waals surface area contributed by atoms with Crippen LogP contribution in [0.3, 0.4) is 0 Å². The van der Waals surface area contributed by atoms with Crippen LogP contribution in [-0.2, 0) is 33.9 Å². The summed E-state index contributed by atoms with van der Waals surface area (Å²) in [5, 5.41) is 5.77. The zero-order valence-electron chi connectivity index (χ0n) is 31.7. The van der Waals surface area contributed by atoms with Crippen molar-refractivity contribution in [3.05, 3.63) is 60.4 Å². The zero-order chi connectivity index (χ0) is 40.3. The lowest BCUT2D eigenvalue weighted by atomic mass is 10.1. The van der Waals surface area contributed by atoms with Crippen LogP contribution < -0.4 is 20.1 Å². The highest BCUT2D eigenvalue weighted by Crippen LogP contribution is 2.46. The van der Waals surface area contributed by atoms with Crippen LogP contribution in [0.4, 0.5) is 9.18 Å². The average Bonchev–Trinajstić information content (AvgIpc) is 4.05. The van der Waals surface area contributed by atoms with E-state index in [1.54, 1.807) is 39.0 Å². The molecule has 3 N–H and O–H groups in total. The number of furan rings is 1. The number of alkyl carbamates (subject to hydrolysis) is 1. The lowest BCUT2D eigenvalue weighted by Crippen LogP contribution is -2.59. The van der Waals surface area contributed by atoms with E-state index in [9.17, 15) is 32.0 Å². The quantitative estimate of drug-likeness (QED) is 0.234. The van der Waals surface area contributed by atoms with Gasteiger partial charge in [-0.25, -0.2) is 22.6 Å². The molecule has 302 valence electrons. The Morgan fingerprint density at radius 2 is 1.89 bits per heavy atom. The highest BCUT2D eigenvalue weighted by molar-refractivity contribution is 7.91. The smallest absolute Gasteiger partial charge is 0.408 e. The SMILES string of the molecule is CC(C)(C)OC(=O)N[C@H]1COCCC/C=C\[C@@H]2C[C@@]2(C(=O)NS(=O)(=O)C2CC2)NC(=O)[C@@H]2C[C@@H](Oc3c4cc(F)ccc4nc4c3oc3ccccc34)CN2C1=O. The minimum Gasteiger partial charge on any atom is -0.484 e. The number of halogens is 1. The summed E-state index contributed by atoms with van der Waals surface area (Å²) in [4.78, 5) is 61.9. The topological polar surface area (TPSA) is 195 Å². The van der Waals surface area contributed by atoms with E-state index in [4.69, 9.17) is 23.6 Å². The second kappa shape index (κ2) is 14.6. The summed E-state index contributed by atoms with van der Waals surface area (Å²) in [5.74, 6) is -3.16. The number of allylic oxidation sites excluding steroid dienone is 1. The van der Waals surface area contributed by atoms with Crippen molar-refractivity contribution in [1.29, 1.82) is 0 Å². The van der Waals surface area contributed by atoms with Crippen molar-refractivity contribution in [1.82, 2.24) is 25.2 Å². The summed E-state index contributed by atoms with van der Waals surface area (Å²) in [7, 11) is -3.95. The molecule has 0 radical (unpaired) electrons. The Morgan fingerprint density at radius 1 is 1.11 bits per heavy atom. The first-order chi connectivity index (χ1) is 27.1. The lowest BCUT2D eigenvalue weighted by Gasteiger charge is -2.30. The standard InChI is InChI=1S/C40H44FN5O10S/c1-39(2,3)56-38(50)43-29-21-53-16-8-4-5-9-22-19-40(22,37(49)45-57(51,52)25-13-14-25)44-35(47)30-18-24(20-46(30)36(29)48)54-33-27-17-23(41)12-15-28(27)42-32-26-10-6-7-11-31(26)55-34(32)33/h5-7,9-12,15,17,22,24-25,29-30H,4,8,13-14,16,18-21H2,1-3H3,(H,43,50)(H,44,47)(H,45,49)/b9-5-/t22-,24-,29+,30+,40-/m1/s1. The molecule has 0 unspecified atom stereocenters. The van der Waals surface area contributed by atoms with E-state index in [1.807, 2.05) is 18.2 Å². The van der Waals surface area contributed by atoms with Gasteiger partial charge in [0.1, 0.15) is 46.2 Å². The molecule has 5 atom stereocenters. The second-order valence-corrected chi connectivity index (χ2v) is 18.1. The molecule has 0 bridgehead atoms. The van der Waals surface area contributed by atoms with Gasteiger partial charge in [-0.3, -0.25) is 19.1 Å². The van der Waals surface area contributed by atoms with Crippen molar-refractivity contribution >= 4 is 66.8 Å². The number of para-hydroxylation sites is 1. The van der Waals surface area contributed by atoms with Gasteiger partial charge in [0.25, 0.3) is 5.91 Å². The van der Waals surface area contributed by atoms with Crippen molar-refractivity contribution in [2.45, 2.75) is 93.9 Å². The third-order valence-electron chi connectivity index (χ3n) is 10.6. The Balaban J connectivity index is 1.16. The van der Waals surface area contributed by atoms with Crippen LogP contribution in [0, 0.1) is 11.7 Å². The fourth-order valence-corrected chi connectivity index (χ4v) is 8.91. The Morgan fingerprint density at radius 3 is 2.67 bits per heavy atom. The van der Waals surface area contributed by atoms with E-state index in [0.29, 0.717) is 53.1 Å². The van der Waals surface area contributed by atoms with Gasteiger partial charge in [0.05, 0.1) is 23.9 Å². The Labute approximate surface area is 327 Å². The molecule has 4 heterocycles. The van der Waals surface area contributed by atoms with Gasteiger partial charge >= 0.3 is 6.09 Å². The van der Waals surface area contributed by atoms with Gasteiger partial charge in [-0.15, -0.1) is 0 Å². The summed E-state index contributed by atoms with van der Waals surface area (Å²) >= 11 is 0. The first-order valence-corrected chi connectivity index (χ1v) is 20.7. The summed E-state index contributed by atoms with van der Waals surface area (Å²) in [5.41, 5.74) is -0.812. The van der Waals surface area contributed by atoms with E-state index < -0.39 is 80.2 Å². The predicted molar refractivity (Wildman–Crippen MR) is 205 cm³/mol. The van der Waals surface area contributed by atoms with Crippen LogP contribution in [0.2, 0.25) is 0 Å². The normalized spacial score (nSPS) is 26.5. The second-order valence-electron chi connectivity index (χ2n) is 16.2. The summed E-state index contributed by atoms with van der Waals surface area (Å²) in [6.07, 6.45) is 3.85. The molecular weight excluding hydrogens is 762 g/mol.